The molecule has 2 rings (SSSR count). The summed E-state index contributed by atoms with van der Waals surface area (Å²) in [6, 6.07) is 17.1. The van der Waals surface area contributed by atoms with Crippen LogP contribution in [-0.2, 0) is 11.2 Å². The highest BCUT2D eigenvalue weighted by Gasteiger charge is 2.04. The molecule has 0 saturated carbocycles. The highest BCUT2D eigenvalue weighted by molar-refractivity contribution is 6.00. The van der Waals surface area contributed by atoms with Crippen LogP contribution in [0.25, 0.3) is 0 Å². The molecule has 0 radical (unpaired) electrons. The van der Waals surface area contributed by atoms with Crippen LogP contribution in [0.4, 0.5) is 0 Å². The van der Waals surface area contributed by atoms with E-state index in [2.05, 4.69) is 5.32 Å². The molecule has 4 heteroatoms. The van der Waals surface area contributed by atoms with E-state index in [1.165, 1.54) is 0 Å². The fraction of sp³-hybridized carbons (Fsp3) is 0.280. The van der Waals surface area contributed by atoms with E-state index in [1.54, 1.807) is 24.3 Å². The molecule has 0 bridgehead atoms. The van der Waals surface area contributed by atoms with Crippen LogP contribution in [0.15, 0.2) is 77.9 Å². The number of ether oxygens (including phenoxy) is 1. The zero-order valence-corrected chi connectivity index (χ0v) is 17.4. The molecule has 0 aliphatic rings. The lowest BCUT2D eigenvalue weighted by Gasteiger charge is -2.08. The second-order valence-electron chi connectivity index (χ2n) is 7.23. The monoisotopic (exact) mass is 391 g/mol. The molecule has 0 heterocycles. The normalized spacial score (nSPS) is 10.9. The van der Waals surface area contributed by atoms with Gasteiger partial charge >= 0.3 is 0 Å². The lowest BCUT2D eigenvalue weighted by atomic mass is 10.1. The molecule has 1 N–H and O–H groups in total. The van der Waals surface area contributed by atoms with Crippen molar-refractivity contribution in [2.45, 2.75) is 33.6 Å². The van der Waals surface area contributed by atoms with Crippen LogP contribution in [0.1, 0.15) is 43.1 Å². The zero-order valence-electron chi connectivity index (χ0n) is 17.4. The van der Waals surface area contributed by atoms with E-state index >= 15 is 0 Å². The summed E-state index contributed by atoms with van der Waals surface area (Å²) in [5, 5.41) is 2.93. The first kappa shape index (κ1) is 22.2. The van der Waals surface area contributed by atoms with Gasteiger partial charge in [0.15, 0.2) is 5.78 Å². The lowest BCUT2D eigenvalue weighted by molar-refractivity contribution is -0.110. The third kappa shape index (κ3) is 8.60. The minimum Gasteiger partial charge on any atom is -0.493 e. The van der Waals surface area contributed by atoms with Gasteiger partial charge in [-0.3, -0.25) is 9.59 Å². The molecule has 1 amide bonds. The average Bonchev–Trinajstić information content (AvgIpc) is 2.69. The Morgan fingerprint density at radius 1 is 0.931 bits per heavy atom. The molecule has 0 unspecified atom stereocenters. The Kier molecular flexibility index (Phi) is 8.90. The number of rotatable bonds is 10. The number of amides is 1. The molecule has 29 heavy (non-hydrogen) atoms. The van der Waals surface area contributed by atoms with E-state index in [9.17, 15) is 9.59 Å². The van der Waals surface area contributed by atoms with Crippen molar-refractivity contribution >= 4 is 11.7 Å². The number of carbonyl (C=O) groups is 2. The average molecular weight is 392 g/mol. The van der Waals surface area contributed by atoms with Gasteiger partial charge in [0.05, 0.1) is 6.61 Å². The SMILES string of the molecule is CC(C)=CC(=O)C=C(C)CCOc1ccc(CCNC(=O)c2ccccc2)cc1. The molecular formula is C25H29NO3. The molecule has 0 aliphatic carbocycles. The van der Waals surface area contributed by atoms with E-state index in [0.29, 0.717) is 25.1 Å². The molecule has 0 aromatic heterocycles. The second kappa shape index (κ2) is 11.6. The maximum Gasteiger partial charge on any atom is 0.251 e. The number of carbonyl (C=O) groups excluding carboxylic acids is 2. The Hall–Kier alpha value is -3.14. The molecule has 0 saturated heterocycles. The number of nitrogens with one attached hydrogen (secondary N) is 1. The van der Waals surface area contributed by atoms with Gasteiger partial charge in [-0.15, -0.1) is 0 Å². The van der Waals surface area contributed by atoms with E-state index in [4.69, 9.17) is 4.74 Å². The molecule has 0 fully saturated rings. The fourth-order valence-electron chi connectivity index (χ4n) is 2.74. The van der Waals surface area contributed by atoms with E-state index in [1.807, 2.05) is 63.2 Å². The Bertz CT molecular complexity index is 861. The molecule has 4 nitrogen and oxygen atoms in total. The van der Waals surface area contributed by atoms with Crippen molar-refractivity contribution in [1.82, 2.24) is 5.32 Å². The third-order valence-corrected chi connectivity index (χ3v) is 4.24. The standard InChI is InChI=1S/C25H29NO3/c1-19(2)17-23(27)18-20(3)14-16-29-24-11-9-21(10-12-24)13-15-26-25(28)22-7-5-4-6-8-22/h4-12,17-18H,13-16H2,1-3H3,(H,26,28). The second-order valence-corrected chi connectivity index (χ2v) is 7.23. The van der Waals surface area contributed by atoms with Crippen molar-refractivity contribution in [3.8, 4) is 5.75 Å². The Morgan fingerprint density at radius 2 is 1.62 bits per heavy atom. The fourth-order valence-corrected chi connectivity index (χ4v) is 2.74. The van der Waals surface area contributed by atoms with E-state index in [0.717, 1.165) is 28.9 Å². The van der Waals surface area contributed by atoms with Crippen molar-refractivity contribution in [3.05, 3.63) is 89.0 Å². The number of hydrogen-bond acceptors (Lipinski definition) is 3. The highest BCUT2D eigenvalue weighted by Crippen LogP contribution is 2.14. The molecule has 0 aliphatic heterocycles. The third-order valence-electron chi connectivity index (χ3n) is 4.24. The van der Waals surface area contributed by atoms with E-state index < -0.39 is 0 Å². The van der Waals surface area contributed by atoms with Crippen LogP contribution in [0.5, 0.6) is 5.75 Å². The van der Waals surface area contributed by atoms with Gasteiger partial charge in [0.25, 0.3) is 5.91 Å². The Morgan fingerprint density at radius 3 is 2.28 bits per heavy atom. The first-order valence-corrected chi connectivity index (χ1v) is 9.85. The van der Waals surface area contributed by atoms with Crippen LogP contribution < -0.4 is 10.1 Å². The predicted octanol–water partition coefficient (Wildman–Crippen LogP) is 4.91. The van der Waals surface area contributed by atoms with Crippen LogP contribution in [-0.4, -0.2) is 24.8 Å². The van der Waals surface area contributed by atoms with Gasteiger partial charge in [-0.1, -0.05) is 41.5 Å². The van der Waals surface area contributed by atoms with Crippen molar-refractivity contribution in [2.24, 2.45) is 0 Å². The Labute approximate surface area is 173 Å². The van der Waals surface area contributed by atoms with E-state index in [-0.39, 0.29) is 11.7 Å². The van der Waals surface area contributed by atoms with Gasteiger partial charge in [0.1, 0.15) is 5.75 Å². The molecule has 0 atom stereocenters. The summed E-state index contributed by atoms with van der Waals surface area (Å²) in [5.74, 6) is 0.758. The van der Waals surface area contributed by atoms with Crippen molar-refractivity contribution in [2.75, 3.05) is 13.2 Å². The minimum absolute atomic E-state index is 0.0196. The van der Waals surface area contributed by atoms with Gasteiger partial charge in [-0.25, -0.2) is 0 Å². The lowest BCUT2D eigenvalue weighted by Crippen LogP contribution is -2.25. The molecule has 2 aromatic rings. The smallest absolute Gasteiger partial charge is 0.251 e. The van der Waals surface area contributed by atoms with Crippen LogP contribution in [0, 0.1) is 0 Å². The first-order valence-electron chi connectivity index (χ1n) is 9.85. The van der Waals surface area contributed by atoms with Crippen LogP contribution in [0.3, 0.4) is 0 Å². The summed E-state index contributed by atoms with van der Waals surface area (Å²) in [7, 11) is 0. The maximum atomic E-state index is 12.0. The number of hydrogen-bond donors (Lipinski definition) is 1. The number of allylic oxidation sites excluding steroid dienone is 3. The Balaban J connectivity index is 1.72. The first-order chi connectivity index (χ1) is 13.9. The summed E-state index contributed by atoms with van der Waals surface area (Å²) in [6.45, 7) is 6.86. The summed E-state index contributed by atoms with van der Waals surface area (Å²) in [5.41, 5.74) is 3.80. The van der Waals surface area contributed by atoms with Gasteiger partial charge in [-0.05, 0) is 69.2 Å². The topological polar surface area (TPSA) is 55.4 Å². The minimum atomic E-state index is -0.0583. The maximum absolute atomic E-state index is 12.0. The van der Waals surface area contributed by atoms with Gasteiger partial charge in [0.2, 0.25) is 0 Å². The predicted molar refractivity (Wildman–Crippen MR) is 117 cm³/mol. The van der Waals surface area contributed by atoms with Gasteiger partial charge < -0.3 is 10.1 Å². The summed E-state index contributed by atoms with van der Waals surface area (Å²) in [4.78, 5) is 23.7. The van der Waals surface area contributed by atoms with Gasteiger partial charge in [-0.2, -0.15) is 0 Å². The van der Waals surface area contributed by atoms with Crippen molar-refractivity contribution in [1.29, 1.82) is 0 Å². The quantitative estimate of drug-likeness (QED) is 0.586. The van der Waals surface area contributed by atoms with Crippen molar-refractivity contribution in [3.63, 3.8) is 0 Å². The number of benzene rings is 2. The van der Waals surface area contributed by atoms with Crippen LogP contribution >= 0.6 is 0 Å². The summed E-state index contributed by atoms with van der Waals surface area (Å²) >= 11 is 0. The van der Waals surface area contributed by atoms with Gasteiger partial charge in [0, 0.05) is 18.5 Å². The largest absolute Gasteiger partial charge is 0.493 e. The zero-order chi connectivity index (χ0) is 21.1. The van der Waals surface area contributed by atoms with Crippen molar-refractivity contribution < 1.29 is 14.3 Å². The molecule has 0 spiro atoms. The number of ketones is 1. The summed E-state index contributed by atoms with van der Waals surface area (Å²) in [6.07, 6.45) is 4.75. The van der Waals surface area contributed by atoms with Crippen LogP contribution in [0.2, 0.25) is 0 Å². The molecular weight excluding hydrogens is 362 g/mol. The molecule has 2 aromatic carbocycles. The highest BCUT2D eigenvalue weighted by atomic mass is 16.5. The summed E-state index contributed by atoms with van der Waals surface area (Å²) < 4.78 is 5.76. The molecule has 152 valence electrons.